The second kappa shape index (κ2) is 7.67. The fourth-order valence-electron chi connectivity index (χ4n) is 2.82. The van der Waals surface area contributed by atoms with Gasteiger partial charge in [0, 0.05) is 0 Å². The Balaban J connectivity index is 1.90. The van der Waals surface area contributed by atoms with E-state index in [1.807, 2.05) is 24.1 Å². The first-order valence-corrected chi connectivity index (χ1v) is 8.60. The molecule has 0 atom stereocenters. The maximum Gasteiger partial charge on any atom is 0.289 e. The zero-order chi connectivity index (χ0) is 18.7. The molecule has 0 aliphatic carbocycles. The molecule has 3 rings (SSSR count). The molecule has 1 fully saturated rings. The zero-order valence-electron chi connectivity index (χ0n) is 15.3. The van der Waals surface area contributed by atoms with E-state index in [1.54, 1.807) is 12.1 Å². The number of nitrogens with zero attached hydrogens (tertiary/aromatic N) is 3. The van der Waals surface area contributed by atoms with E-state index in [2.05, 4.69) is 17.6 Å². The molecular weight excluding hydrogens is 334 g/mol. The van der Waals surface area contributed by atoms with Crippen LogP contribution in [-0.4, -0.2) is 61.0 Å². The highest BCUT2D eigenvalue weighted by Crippen LogP contribution is 2.14. The molecule has 0 radical (unpaired) electrons. The van der Waals surface area contributed by atoms with Crippen LogP contribution in [0, 0.1) is 6.92 Å². The summed E-state index contributed by atoms with van der Waals surface area (Å²) in [7, 11) is 3.55. The number of hydrazine groups is 1. The van der Waals surface area contributed by atoms with E-state index in [-0.39, 0.29) is 22.9 Å². The molecule has 8 heteroatoms. The number of carbonyl (C=O) groups is 1. The van der Waals surface area contributed by atoms with Crippen LogP contribution in [0.25, 0.3) is 5.69 Å². The third kappa shape index (κ3) is 3.92. The number of carbonyl (C=O) groups excluding carboxylic acids is 1. The van der Waals surface area contributed by atoms with E-state index in [0.29, 0.717) is 5.69 Å². The van der Waals surface area contributed by atoms with Gasteiger partial charge < -0.3 is 9.64 Å². The Morgan fingerprint density at radius 1 is 1.23 bits per heavy atom. The number of likely N-dealkylation sites (N-methyl/N-ethyl adjacent to an activating group) is 1. The first kappa shape index (κ1) is 18.1. The molecule has 1 amide bonds. The summed E-state index contributed by atoms with van der Waals surface area (Å²) in [6.45, 7) is 5.39. The van der Waals surface area contributed by atoms with Crippen LogP contribution >= 0.6 is 0 Å². The molecule has 2 aromatic rings. The number of benzene rings is 1. The Hall–Kier alpha value is -2.71. The molecule has 0 spiro atoms. The van der Waals surface area contributed by atoms with Crippen LogP contribution < -0.4 is 20.6 Å². The predicted octanol–water partition coefficient (Wildman–Crippen LogP) is -0.975. The summed E-state index contributed by atoms with van der Waals surface area (Å²) in [6.07, 6.45) is 0. The lowest BCUT2D eigenvalue weighted by atomic mass is 10.2. The van der Waals surface area contributed by atoms with Crippen LogP contribution in [0.2, 0.25) is 0 Å². The third-order valence-corrected chi connectivity index (χ3v) is 4.49. The van der Waals surface area contributed by atoms with Crippen LogP contribution in [0.1, 0.15) is 16.1 Å². The second-order valence-corrected chi connectivity index (χ2v) is 6.53. The fourth-order valence-corrected chi connectivity index (χ4v) is 2.82. The van der Waals surface area contributed by atoms with Crippen LogP contribution in [0.4, 0.5) is 0 Å². The largest absolute Gasteiger partial charge is 0.494 e. The van der Waals surface area contributed by atoms with Gasteiger partial charge in [0.2, 0.25) is 0 Å². The molecule has 8 nitrogen and oxygen atoms in total. The number of piperazine rings is 1. The fraction of sp³-hybridized carbons (Fsp3) is 0.389. The number of methoxy groups -OCH3 is 1. The van der Waals surface area contributed by atoms with Gasteiger partial charge in [-0.25, -0.2) is 5.01 Å². The maximum atomic E-state index is 12.7. The molecule has 138 valence electrons. The normalized spacial score (nSPS) is 15.7. The smallest absolute Gasteiger partial charge is 0.289 e. The van der Waals surface area contributed by atoms with Crippen LogP contribution in [0.15, 0.2) is 35.1 Å². The van der Waals surface area contributed by atoms with Crippen LogP contribution in [0.5, 0.6) is 5.75 Å². The quantitative estimate of drug-likeness (QED) is 0.735. The number of aromatic nitrogens is 2. The third-order valence-electron chi connectivity index (χ3n) is 4.49. The van der Waals surface area contributed by atoms with E-state index in [1.165, 1.54) is 22.8 Å². The second-order valence-electron chi connectivity index (χ2n) is 6.53. The summed E-state index contributed by atoms with van der Waals surface area (Å²) in [5.74, 6) is -0.224. The van der Waals surface area contributed by atoms with Gasteiger partial charge in [0.25, 0.3) is 11.5 Å². The van der Waals surface area contributed by atoms with E-state index >= 15 is 0 Å². The number of amides is 1. The van der Waals surface area contributed by atoms with Gasteiger partial charge in [-0.3, -0.25) is 15.0 Å². The van der Waals surface area contributed by atoms with E-state index in [9.17, 15) is 9.59 Å². The van der Waals surface area contributed by atoms with Crippen molar-refractivity contribution in [1.29, 1.82) is 0 Å². The lowest BCUT2D eigenvalue weighted by Crippen LogP contribution is -3.12. The summed E-state index contributed by atoms with van der Waals surface area (Å²) in [6, 6.07) is 8.65. The number of quaternary nitrogens is 1. The van der Waals surface area contributed by atoms with Crippen molar-refractivity contribution in [1.82, 2.24) is 20.2 Å². The van der Waals surface area contributed by atoms with E-state index in [4.69, 9.17) is 4.74 Å². The molecule has 0 bridgehead atoms. The van der Waals surface area contributed by atoms with Gasteiger partial charge in [0.1, 0.15) is 0 Å². The SMILES string of the molecule is COc1cc(=O)n(-c2ccc(C)cc2)nc1C(=O)NN1CC[NH+](C)CC1. The number of nitrogens with one attached hydrogen (secondary N) is 2. The van der Waals surface area contributed by atoms with Crippen molar-refractivity contribution in [2.24, 2.45) is 0 Å². The Kier molecular flexibility index (Phi) is 5.34. The first-order valence-electron chi connectivity index (χ1n) is 8.60. The molecule has 2 N–H and O–H groups in total. The average Bonchev–Trinajstić information content (AvgIpc) is 2.64. The Labute approximate surface area is 151 Å². The monoisotopic (exact) mass is 358 g/mol. The lowest BCUT2D eigenvalue weighted by Gasteiger charge is -2.30. The summed E-state index contributed by atoms with van der Waals surface area (Å²) in [5.41, 5.74) is 4.26. The molecule has 0 saturated carbocycles. The van der Waals surface area contributed by atoms with Crippen molar-refractivity contribution in [3.05, 3.63) is 51.9 Å². The Morgan fingerprint density at radius 3 is 2.50 bits per heavy atom. The van der Waals surface area contributed by atoms with Gasteiger partial charge in [-0.2, -0.15) is 9.78 Å². The van der Waals surface area contributed by atoms with Crippen molar-refractivity contribution in [2.45, 2.75) is 6.92 Å². The molecule has 1 aromatic heterocycles. The van der Waals surface area contributed by atoms with Gasteiger partial charge >= 0.3 is 0 Å². The van der Waals surface area contributed by atoms with Gasteiger partial charge in [-0.05, 0) is 19.1 Å². The zero-order valence-corrected chi connectivity index (χ0v) is 15.3. The van der Waals surface area contributed by atoms with Crippen molar-refractivity contribution in [3.8, 4) is 11.4 Å². The number of hydrogen-bond donors (Lipinski definition) is 2. The van der Waals surface area contributed by atoms with Crippen LogP contribution in [-0.2, 0) is 0 Å². The highest BCUT2D eigenvalue weighted by atomic mass is 16.5. The lowest BCUT2D eigenvalue weighted by molar-refractivity contribution is -0.884. The Morgan fingerprint density at radius 2 is 1.88 bits per heavy atom. The predicted molar refractivity (Wildman–Crippen MR) is 96.8 cm³/mol. The molecule has 1 aliphatic rings. The van der Waals surface area contributed by atoms with Crippen molar-refractivity contribution in [3.63, 3.8) is 0 Å². The number of hydrogen-bond acceptors (Lipinski definition) is 5. The van der Waals surface area contributed by atoms with Crippen molar-refractivity contribution in [2.75, 3.05) is 40.3 Å². The molecule has 1 saturated heterocycles. The molecular formula is C18H24N5O3+. The van der Waals surface area contributed by atoms with Gasteiger partial charge in [0.05, 0.1) is 52.1 Å². The first-order chi connectivity index (χ1) is 12.5. The number of aryl methyl sites for hydroxylation is 1. The molecule has 0 unspecified atom stereocenters. The topological polar surface area (TPSA) is 80.9 Å². The standard InChI is InChI=1S/C18H23N5O3/c1-13-4-6-14(7-5-13)23-16(24)12-15(26-3)17(19-23)18(25)20-22-10-8-21(2)9-11-22/h4-7,12H,8-11H2,1-3H3,(H,20,25)/p+1. The summed E-state index contributed by atoms with van der Waals surface area (Å²) in [4.78, 5) is 26.5. The minimum Gasteiger partial charge on any atom is -0.494 e. The maximum absolute atomic E-state index is 12.7. The number of ether oxygens (including phenoxy) is 1. The highest BCUT2D eigenvalue weighted by Gasteiger charge is 2.23. The van der Waals surface area contributed by atoms with Crippen molar-refractivity contribution < 1.29 is 14.4 Å². The van der Waals surface area contributed by atoms with Gasteiger partial charge in [-0.1, -0.05) is 17.7 Å². The average molecular weight is 358 g/mol. The van der Waals surface area contributed by atoms with E-state index in [0.717, 1.165) is 31.7 Å². The van der Waals surface area contributed by atoms with Gasteiger partial charge in [-0.15, -0.1) is 0 Å². The van der Waals surface area contributed by atoms with Gasteiger partial charge in [0.15, 0.2) is 11.4 Å². The minimum absolute atomic E-state index is 0.0824. The molecule has 1 aromatic carbocycles. The van der Waals surface area contributed by atoms with E-state index < -0.39 is 0 Å². The summed E-state index contributed by atoms with van der Waals surface area (Å²) >= 11 is 0. The molecule has 26 heavy (non-hydrogen) atoms. The molecule has 2 heterocycles. The molecule has 1 aliphatic heterocycles. The summed E-state index contributed by atoms with van der Waals surface area (Å²) in [5, 5.41) is 6.13. The summed E-state index contributed by atoms with van der Waals surface area (Å²) < 4.78 is 6.42. The highest BCUT2D eigenvalue weighted by molar-refractivity contribution is 5.94. The number of rotatable bonds is 4. The Bertz CT molecular complexity index is 839. The minimum atomic E-state index is -0.387. The van der Waals surface area contributed by atoms with Crippen molar-refractivity contribution >= 4 is 5.91 Å². The van der Waals surface area contributed by atoms with Crippen LogP contribution in [0.3, 0.4) is 0 Å².